The Bertz CT molecular complexity index is 489. The predicted octanol–water partition coefficient (Wildman–Crippen LogP) is 1.43. The lowest BCUT2D eigenvalue weighted by Crippen LogP contribution is -2.27. The zero-order chi connectivity index (χ0) is 13.3. The Hall–Kier alpha value is -1.95. The molecule has 0 aliphatic carbocycles. The molecule has 96 valence electrons. The minimum absolute atomic E-state index is 0.0222. The SMILES string of the molecule is CCC1NC(c2cccc([N+](=O)[O-])c2)N(C)C1=O. The predicted molar refractivity (Wildman–Crippen MR) is 65.8 cm³/mol. The van der Waals surface area contributed by atoms with Crippen molar-refractivity contribution in [3.05, 3.63) is 39.9 Å². The van der Waals surface area contributed by atoms with Gasteiger partial charge in [-0.2, -0.15) is 0 Å². The van der Waals surface area contributed by atoms with Crippen LogP contribution in [0.3, 0.4) is 0 Å². The summed E-state index contributed by atoms with van der Waals surface area (Å²) in [5.74, 6) is 0.0222. The summed E-state index contributed by atoms with van der Waals surface area (Å²) in [6.07, 6.45) is 0.413. The summed E-state index contributed by atoms with van der Waals surface area (Å²) in [7, 11) is 1.70. The smallest absolute Gasteiger partial charge is 0.269 e. The molecule has 2 rings (SSSR count). The number of nitrogens with one attached hydrogen (secondary N) is 1. The van der Waals surface area contributed by atoms with E-state index in [4.69, 9.17) is 0 Å². The molecule has 6 heteroatoms. The minimum Gasteiger partial charge on any atom is -0.325 e. The van der Waals surface area contributed by atoms with Crippen LogP contribution in [0.5, 0.6) is 0 Å². The molecule has 2 unspecified atom stereocenters. The quantitative estimate of drug-likeness (QED) is 0.649. The maximum Gasteiger partial charge on any atom is 0.269 e. The fraction of sp³-hybridized carbons (Fsp3) is 0.417. The maximum absolute atomic E-state index is 11.9. The van der Waals surface area contributed by atoms with Crippen LogP contribution in [0.4, 0.5) is 5.69 Å². The average Bonchev–Trinajstić information content (AvgIpc) is 2.66. The number of carbonyl (C=O) groups is 1. The first-order chi connectivity index (χ1) is 8.54. The zero-order valence-corrected chi connectivity index (χ0v) is 10.3. The second-order valence-corrected chi connectivity index (χ2v) is 4.33. The van der Waals surface area contributed by atoms with Gasteiger partial charge in [-0.3, -0.25) is 20.2 Å². The highest BCUT2D eigenvalue weighted by atomic mass is 16.6. The van der Waals surface area contributed by atoms with E-state index in [2.05, 4.69) is 5.32 Å². The van der Waals surface area contributed by atoms with E-state index in [1.54, 1.807) is 24.1 Å². The Morgan fingerprint density at radius 1 is 1.50 bits per heavy atom. The molecule has 1 fully saturated rings. The first-order valence-corrected chi connectivity index (χ1v) is 5.81. The van der Waals surface area contributed by atoms with Crippen LogP contribution in [-0.2, 0) is 4.79 Å². The van der Waals surface area contributed by atoms with Gasteiger partial charge in [-0.05, 0) is 12.0 Å². The summed E-state index contributed by atoms with van der Waals surface area (Å²) in [5.41, 5.74) is 0.770. The Kier molecular flexibility index (Phi) is 3.29. The third-order valence-electron chi connectivity index (χ3n) is 3.20. The summed E-state index contributed by atoms with van der Waals surface area (Å²) in [6, 6.07) is 6.15. The van der Waals surface area contributed by atoms with Crippen LogP contribution >= 0.6 is 0 Å². The van der Waals surface area contributed by atoms with Gasteiger partial charge >= 0.3 is 0 Å². The number of likely N-dealkylation sites (N-methyl/N-ethyl adjacent to an activating group) is 1. The van der Waals surface area contributed by atoms with Crippen molar-refractivity contribution in [2.24, 2.45) is 0 Å². The van der Waals surface area contributed by atoms with Gasteiger partial charge in [0.25, 0.3) is 5.69 Å². The van der Waals surface area contributed by atoms with Crippen LogP contribution in [-0.4, -0.2) is 28.8 Å². The van der Waals surface area contributed by atoms with Crippen molar-refractivity contribution in [1.82, 2.24) is 10.2 Å². The monoisotopic (exact) mass is 249 g/mol. The minimum atomic E-state index is -0.433. The van der Waals surface area contributed by atoms with Crippen LogP contribution in [0, 0.1) is 10.1 Å². The largest absolute Gasteiger partial charge is 0.325 e. The summed E-state index contributed by atoms with van der Waals surface area (Å²) in [4.78, 5) is 23.8. The lowest BCUT2D eigenvalue weighted by Gasteiger charge is -2.19. The highest BCUT2D eigenvalue weighted by Gasteiger charge is 2.36. The highest BCUT2D eigenvalue weighted by Crippen LogP contribution is 2.27. The molecule has 0 bridgehead atoms. The molecular weight excluding hydrogens is 234 g/mol. The van der Waals surface area contributed by atoms with E-state index in [0.29, 0.717) is 6.42 Å². The summed E-state index contributed by atoms with van der Waals surface area (Å²) >= 11 is 0. The van der Waals surface area contributed by atoms with Gasteiger partial charge in [0.05, 0.1) is 11.0 Å². The molecule has 1 aromatic carbocycles. The normalized spacial score (nSPS) is 23.4. The van der Waals surface area contributed by atoms with Crippen LogP contribution in [0.1, 0.15) is 25.1 Å². The van der Waals surface area contributed by atoms with Gasteiger partial charge in [-0.1, -0.05) is 19.1 Å². The number of benzene rings is 1. The summed E-state index contributed by atoms with van der Waals surface area (Å²) in [5, 5.41) is 13.9. The molecule has 0 spiro atoms. The lowest BCUT2D eigenvalue weighted by molar-refractivity contribution is -0.385. The van der Waals surface area contributed by atoms with Gasteiger partial charge in [-0.15, -0.1) is 0 Å². The Morgan fingerprint density at radius 2 is 2.22 bits per heavy atom. The number of hydrogen-bond acceptors (Lipinski definition) is 4. The van der Waals surface area contributed by atoms with Gasteiger partial charge in [0.2, 0.25) is 5.91 Å². The lowest BCUT2D eigenvalue weighted by atomic mass is 10.1. The van der Waals surface area contributed by atoms with E-state index in [-0.39, 0.29) is 23.8 Å². The number of nitrogens with zero attached hydrogens (tertiary/aromatic N) is 2. The van der Waals surface area contributed by atoms with Crippen molar-refractivity contribution in [2.75, 3.05) is 7.05 Å². The zero-order valence-electron chi connectivity index (χ0n) is 10.3. The molecule has 1 amide bonds. The Morgan fingerprint density at radius 3 is 2.78 bits per heavy atom. The van der Waals surface area contributed by atoms with E-state index in [1.165, 1.54) is 12.1 Å². The van der Waals surface area contributed by atoms with Gasteiger partial charge in [0.1, 0.15) is 6.17 Å². The number of rotatable bonds is 3. The first-order valence-electron chi connectivity index (χ1n) is 5.81. The van der Waals surface area contributed by atoms with Crippen molar-refractivity contribution in [3.8, 4) is 0 Å². The second kappa shape index (κ2) is 4.73. The van der Waals surface area contributed by atoms with Crippen molar-refractivity contribution < 1.29 is 9.72 Å². The molecular formula is C12H15N3O3. The fourth-order valence-corrected chi connectivity index (χ4v) is 2.17. The van der Waals surface area contributed by atoms with Crippen LogP contribution in [0.25, 0.3) is 0 Å². The van der Waals surface area contributed by atoms with Crippen LogP contribution in [0.2, 0.25) is 0 Å². The van der Waals surface area contributed by atoms with Gasteiger partial charge in [0.15, 0.2) is 0 Å². The van der Waals surface area contributed by atoms with Crippen molar-refractivity contribution in [2.45, 2.75) is 25.6 Å². The third kappa shape index (κ3) is 2.06. The number of nitro benzene ring substituents is 1. The molecule has 1 aromatic rings. The van der Waals surface area contributed by atoms with Gasteiger partial charge in [0, 0.05) is 19.2 Å². The number of nitro groups is 1. The number of non-ortho nitro benzene ring substituents is 1. The molecule has 0 radical (unpaired) electrons. The van der Waals surface area contributed by atoms with Gasteiger partial charge < -0.3 is 4.90 Å². The molecule has 0 saturated carbocycles. The van der Waals surface area contributed by atoms with Crippen molar-refractivity contribution in [1.29, 1.82) is 0 Å². The Balaban J connectivity index is 2.30. The molecule has 0 aromatic heterocycles. The molecule has 1 heterocycles. The molecule has 1 aliphatic heterocycles. The maximum atomic E-state index is 11.9. The number of carbonyl (C=O) groups excluding carboxylic acids is 1. The van der Waals surface area contributed by atoms with Crippen molar-refractivity contribution in [3.63, 3.8) is 0 Å². The third-order valence-corrected chi connectivity index (χ3v) is 3.20. The molecule has 1 N–H and O–H groups in total. The van der Waals surface area contributed by atoms with Crippen LogP contribution < -0.4 is 5.32 Å². The first kappa shape index (κ1) is 12.5. The second-order valence-electron chi connectivity index (χ2n) is 4.33. The summed E-state index contributed by atoms with van der Waals surface area (Å²) < 4.78 is 0. The fourth-order valence-electron chi connectivity index (χ4n) is 2.17. The van der Waals surface area contributed by atoms with Gasteiger partial charge in [-0.25, -0.2) is 0 Å². The standard InChI is InChI=1S/C12H15N3O3/c1-3-10-12(16)14(2)11(13-10)8-5-4-6-9(7-8)15(17)18/h4-7,10-11,13H,3H2,1-2H3. The van der Waals surface area contributed by atoms with E-state index in [9.17, 15) is 14.9 Å². The van der Waals surface area contributed by atoms with E-state index in [0.717, 1.165) is 5.56 Å². The molecule has 18 heavy (non-hydrogen) atoms. The molecule has 1 aliphatic rings. The molecule has 1 saturated heterocycles. The Labute approximate surface area is 105 Å². The van der Waals surface area contributed by atoms with Crippen LogP contribution in [0.15, 0.2) is 24.3 Å². The highest BCUT2D eigenvalue weighted by molar-refractivity contribution is 5.84. The van der Waals surface area contributed by atoms with E-state index in [1.807, 2.05) is 6.92 Å². The average molecular weight is 249 g/mol. The van der Waals surface area contributed by atoms with Crippen molar-refractivity contribution >= 4 is 11.6 Å². The van der Waals surface area contributed by atoms with E-state index < -0.39 is 4.92 Å². The topological polar surface area (TPSA) is 75.5 Å². The summed E-state index contributed by atoms with van der Waals surface area (Å²) in [6.45, 7) is 1.93. The molecule has 6 nitrogen and oxygen atoms in total. The number of amides is 1. The number of hydrogen-bond donors (Lipinski definition) is 1. The molecule has 2 atom stereocenters. The van der Waals surface area contributed by atoms with E-state index >= 15 is 0 Å².